The van der Waals surface area contributed by atoms with Crippen LogP contribution in [-0.4, -0.2) is 39.8 Å². The summed E-state index contributed by atoms with van der Waals surface area (Å²) in [7, 11) is 0. The molecule has 3 aromatic heterocycles. The lowest BCUT2D eigenvalue weighted by Gasteiger charge is -2.18. The van der Waals surface area contributed by atoms with Crippen molar-refractivity contribution in [3.8, 4) is 17.3 Å². The number of nitrogen functional groups attached to an aromatic ring is 1. The number of pyridine rings is 1. The Bertz CT molecular complexity index is 1580. The Morgan fingerprint density at radius 2 is 1.86 bits per heavy atom. The zero-order valence-electron chi connectivity index (χ0n) is 25.9. The second-order valence-corrected chi connectivity index (χ2v) is 11.0. The molecule has 8 nitrogen and oxygen atoms in total. The monoisotopic (exact) mass is 612 g/mol. The minimum Gasteiger partial charge on any atom is -0.396 e. The summed E-state index contributed by atoms with van der Waals surface area (Å²) in [5.41, 5.74) is 7.98. The van der Waals surface area contributed by atoms with Gasteiger partial charge in [-0.3, -0.25) is 4.98 Å². The summed E-state index contributed by atoms with van der Waals surface area (Å²) in [5.74, 6) is -0.193. The van der Waals surface area contributed by atoms with Gasteiger partial charge in [0, 0.05) is 42.2 Å². The molecule has 4 aromatic rings. The standard InChI is InChI=1S/C23H18F2N6OS.C5H12O.2C2H6/c1-10-2-3-31(7-10)23-29-5-12-13-8-32-9-14(13)16(18(25)19(12)30-23)20-17-11(4-26)22(27)33-21(17)15(24)6-28-20;1-2-3-4-5-6;2*1-2/h5-6,10H,2-3,7-9,27H2,1H3;6H,2-5H2,1H3;2*1-2H3. The minimum atomic E-state index is -0.603. The first-order valence-electron chi connectivity index (χ1n) is 15.1. The Kier molecular flexibility index (Phi) is 12.5. The third kappa shape index (κ3) is 6.87. The molecule has 2 aliphatic rings. The average molecular weight is 613 g/mol. The highest BCUT2D eigenvalue weighted by molar-refractivity contribution is 7.23. The molecule has 1 fully saturated rings. The smallest absolute Gasteiger partial charge is 0.225 e. The minimum absolute atomic E-state index is 0.0959. The molecule has 5 heterocycles. The van der Waals surface area contributed by atoms with Gasteiger partial charge >= 0.3 is 0 Å². The van der Waals surface area contributed by atoms with E-state index in [0.29, 0.717) is 29.4 Å². The van der Waals surface area contributed by atoms with E-state index in [1.807, 2.05) is 33.8 Å². The molecule has 2 aliphatic heterocycles. The van der Waals surface area contributed by atoms with Crippen LogP contribution in [0.15, 0.2) is 12.4 Å². The Morgan fingerprint density at radius 1 is 1.14 bits per heavy atom. The summed E-state index contributed by atoms with van der Waals surface area (Å²) in [5, 5.41) is 18.8. The van der Waals surface area contributed by atoms with Crippen molar-refractivity contribution in [1.82, 2.24) is 15.0 Å². The van der Waals surface area contributed by atoms with Crippen molar-refractivity contribution in [3.05, 3.63) is 40.7 Å². The zero-order valence-corrected chi connectivity index (χ0v) is 26.7. The number of nitriles is 1. The van der Waals surface area contributed by atoms with Crippen LogP contribution >= 0.6 is 11.3 Å². The number of unbranched alkanes of at least 4 members (excludes halogenated alkanes) is 2. The van der Waals surface area contributed by atoms with E-state index in [1.54, 1.807) is 6.20 Å². The van der Waals surface area contributed by atoms with Crippen molar-refractivity contribution in [2.24, 2.45) is 5.92 Å². The first kappa shape index (κ1) is 34.0. The number of hydrogen-bond acceptors (Lipinski definition) is 9. The summed E-state index contributed by atoms with van der Waals surface area (Å²) in [6.07, 6.45) is 7.05. The van der Waals surface area contributed by atoms with Gasteiger partial charge in [0.1, 0.15) is 16.6 Å². The number of thiophene rings is 1. The van der Waals surface area contributed by atoms with Gasteiger partial charge in [0.2, 0.25) is 5.95 Å². The van der Waals surface area contributed by atoms with Gasteiger partial charge in [0.05, 0.1) is 35.4 Å². The maximum absolute atomic E-state index is 16.2. The molecule has 1 saturated heterocycles. The van der Waals surface area contributed by atoms with E-state index in [0.717, 1.165) is 55.4 Å². The Balaban J connectivity index is 0.000000448. The van der Waals surface area contributed by atoms with Gasteiger partial charge in [-0.15, -0.1) is 11.3 Å². The Morgan fingerprint density at radius 3 is 2.47 bits per heavy atom. The molecule has 0 amide bonds. The van der Waals surface area contributed by atoms with Gasteiger partial charge in [-0.05, 0) is 29.9 Å². The van der Waals surface area contributed by atoms with Crippen LogP contribution < -0.4 is 10.6 Å². The molecule has 1 aromatic carbocycles. The number of nitrogens with two attached hydrogens (primary N) is 1. The van der Waals surface area contributed by atoms with E-state index >= 15 is 4.39 Å². The second kappa shape index (κ2) is 15.8. The van der Waals surface area contributed by atoms with Crippen LogP contribution in [0, 0.1) is 28.9 Å². The quantitative estimate of drug-likeness (QED) is 0.220. The van der Waals surface area contributed by atoms with E-state index in [4.69, 9.17) is 15.6 Å². The van der Waals surface area contributed by atoms with Gasteiger partial charge in [0.25, 0.3) is 0 Å². The topological polar surface area (TPSA) is 121 Å². The summed E-state index contributed by atoms with van der Waals surface area (Å²) in [6.45, 7) is 14.7. The van der Waals surface area contributed by atoms with Crippen molar-refractivity contribution < 1.29 is 18.6 Å². The van der Waals surface area contributed by atoms with Gasteiger partial charge < -0.3 is 20.5 Å². The molecule has 1 unspecified atom stereocenters. The van der Waals surface area contributed by atoms with Crippen molar-refractivity contribution in [2.75, 3.05) is 30.3 Å². The molecule has 11 heteroatoms. The fourth-order valence-corrected chi connectivity index (χ4v) is 6.09. The van der Waals surface area contributed by atoms with Gasteiger partial charge in [-0.2, -0.15) is 5.26 Å². The lowest BCUT2D eigenvalue weighted by Crippen LogP contribution is -2.21. The van der Waals surface area contributed by atoms with Crippen LogP contribution in [0.25, 0.3) is 32.2 Å². The molecule has 232 valence electrons. The number of hydrogen-bond donors (Lipinski definition) is 2. The molecule has 0 radical (unpaired) electrons. The van der Waals surface area contributed by atoms with Crippen LogP contribution in [0.2, 0.25) is 0 Å². The van der Waals surface area contributed by atoms with Crippen molar-refractivity contribution in [2.45, 2.75) is 80.4 Å². The van der Waals surface area contributed by atoms with Gasteiger partial charge in [-0.1, -0.05) is 54.4 Å². The van der Waals surface area contributed by atoms with Gasteiger partial charge in [-0.25, -0.2) is 18.7 Å². The van der Waals surface area contributed by atoms with E-state index in [1.165, 1.54) is 6.42 Å². The molecular weight excluding hydrogens is 570 g/mol. The SMILES string of the molecule is CC.CC.CC1CCN(c2ncc3c4c(c(-c5ncc(F)c6sc(N)c(C#N)c56)c(F)c3n2)COC4)C1.CCCCCO. The lowest BCUT2D eigenvalue weighted by molar-refractivity contribution is 0.135. The lowest BCUT2D eigenvalue weighted by atomic mass is 9.94. The highest BCUT2D eigenvalue weighted by Crippen LogP contribution is 2.45. The molecule has 0 bridgehead atoms. The van der Waals surface area contributed by atoms with Crippen molar-refractivity contribution >= 4 is 43.3 Å². The van der Waals surface area contributed by atoms with Crippen molar-refractivity contribution in [3.63, 3.8) is 0 Å². The molecule has 0 aliphatic carbocycles. The van der Waals surface area contributed by atoms with Crippen LogP contribution in [0.1, 0.15) is 83.9 Å². The number of nitrogens with zero attached hydrogens (tertiary/aromatic N) is 5. The number of ether oxygens (including phenoxy) is 1. The van der Waals surface area contributed by atoms with Gasteiger partial charge in [0.15, 0.2) is 11.6 Å². The van der Waals surface area contributed by atoms with Crippen LogP contribution in [0.5, 0.6) is 0 Å². The maximum atomic E-state index is 16.2. The van der Waals surface area contributed by atoms with Crippen LogP contribution in [0.4, 0.5) is 19.7 Å². The summed E-state index contributed by atoms with van der Waals surface area (Å²) in [6, 6.07) is 2.02. The zero-order chi connectivity index (χ0) is 31.7. The summed E-state index contributed by atoms with van der Waals surface area (Å²) < 4.78 is 36.6. The van der Waals surface area contributed by atoms with Crippen molar-refractivity contribution in [1.29, 1.82) is 5.26 Å². The second-order valence-electron chi connectivity index (χ2n) is 9.95. The number of aliphatic hydroxyl groups is 1. The highest BCUT2D eigenvalue weighted by atomic mass is 32.1. The number of aliphatic hydroxyl groups excluding tert-OH is 1. The number of halogens is 2. The van der Waals surface area contributed by atoms with E-state index in [9.17, 15) is 9.65 Å². The number of benzene rings is 1. The van der Waals surface area contributed by atoms with E-state index < -0.39 is 11.6 Å². The van der Waals surface area contributed by atoms with E-state index in [-0.39, 0.29) is 50.6 Å². The fourth-order valence-electron chi connectivity index (χ4n) is 5.17. The molecule has 43 heavy (non-hydrogen) atoms. The Labute approximate surface area is 256 Å². The first-order chi connectivity index (χ1) is 20.9. The predicted octanol–water partition coefficient (Wildman–Crippen LogP) is 7.74. The number of fused-ring (bicyclic) bond motifs is 4. The first-order valence-corrected chi connectivity index (χ1v) is 15.9. The molecular formula is C32H42F2N6O2S. The molecule has 3 N–H and O–H groups in total. The maximum Gasteiger partial charge on any atom is 0.225 e. The molecule has 0 saturated carbocycles. The molecule has 6 rings (SSSR count). The predicted molar refractivity (Wildman–Crippen MR) is 171 cm³/mol. The average Bonchev–Trinajstić information content (AvgIpc) is 3.78. The summed E-state index contributed by atoms with van der Waals surface area (Å²) in [4.78, 5) is 15.4. The molecule has 1 atom stereocenters. The number of anilines is 2. The largest absolute Gasteiger partial charge is 0.396 e. The van der Waals surface area contributed by atoms with Crippen LogP contribution in [0.3, 0.4) is 0 Å². The van der Waals surface area contributed by atoms with Crippen LogP contribution in [-0.2, 0) is 18.0 Å². The third-order valence-electron chi connectivity index (χ3n) is 7.20. The number of rotatable bonds is 5. The summed E-state index contributed by atoms with van der Waals surface area (Å²) >= 11 is 0.955. The Hall–Kier alpha value is -3.46. The molecule has 0 spiro atoms. The normalized spacial score (nSPS) is 15.2. The highest BCUT2D eigenvalue weighted by Gasteiger charge is 2.30. The third-order valence-corrected chi connectivity index (χ3v) is 8.23. The number of aromatic nitrogens is 3. The fraction of sp³-hybridized carbons (Fsp3) is 0.500. The van der Waals surface area contributed by atoms with E-state index in [2.05, 4.69) is 33.7 Å².